The van der Waals surface area contributed by atoms with E-state index in [-0.39, 0.29) is 0 Å². The first-order valence-corrected chi connectivity index (χ1v) is 6.65. The Kier molecular flexibility index (Phi) is 2.52. The van der Waals surface area contributed by atoms with Crippen LogP contribution in [0.3, 0.4) is 0 Å². The summed E-state index contributed by atoms with van der Waals surface area (Å²) in [5, 5.41) is 3.28. The molecule has 3 rings (SSSR count). The Bertz CT molecular complexity index is 488. The third kappa shape index (κ3) is 1.57. The van der Waals surface area contributed by atoms with Crippen LogP contribution >= 0.6 is 11.3 Å². The van der Waals surface area contributed by atoms with Gasteiger partial charge in [-0.1, -0.05) is 12.8 Å². The molecule has 1 aliphatic carbocycles. The smallest absolute Gasteiger partial charge is 0.140 e. The van der Waals surface area contributed by atoms with E-state index in [0.717, 1.165) is 10.6 Å². The first kappa shape index (κ1) is 10.0. The second-order valence-corrected chi connectivity index (χ2v) is 5.28. The molecular weight excluding hydrogens is 218 g/mol. The highest BCUT2D eigenvalue weighted by atomic mass is 32.1. The molecule has 0 radical (unpaired) electrons. The maximum absolute atomic E-state index is 4.45. The zero-order valence-corrected chi connectivity index (χ0v) is 10.2. The van der Waals surface area contributed by atoms with Crippen molar-refractivity contribution in [3.63, 3.8) is 0 Å². The molecule has 0 spiro atoms. The van der Waals surface area contributed by atoms with Crippen molar-refractivity contribution in [3.8, 4) is 0 Å². The number of hydrogen-bond acceptors (Lipinski definition) is 4. The Balaban J connectivity index is 2.00. The summed E-state index contributed by atoms with van der Waals surface area (Å²) in [4.78, 5) is 12.2. The first-order chi connectivity index (χ1) is 7.86. The third-order valence-corrected chi connectivity index (χ3v) is 4.27. The molecule has 0 N–H and O–H groups in total. The molecule has 1 saturated carbocycles. The topological polar surface area (TPSA) is 29.0 Å². The molecular formula is C12H15N3S. The fourth-order valence-electron chi connectivity index (χ4n) is 2.52. The van der Waals surface area contributed by atoms with Crippen LogP contribution in [0, 0.1) is 0 Å². The summed E-state index contributed by atoms with van der Waals surface area (Å²) in [5.74, 6) is 1.10. The Morgan fingerprint density at radius 3 is 2.94 bits per heavy atom. The molecule has 1 fully saturated rings. The van der Waals surface area contributed by atoms with Crippen LogP contribution in [0.1, 0.15) is 25.7 Å². The Hall–Kier alpha value is -1.16. The Morgan fingerprint density at radius 2 is 2.12 bits per heavy atom. The van der Waals surface area contributed by atoms with Crippen molar-refractivity contribution < 1.29 is 0 Å². The predicted molar refractivity (Wildman–Crippen MR) is 68.1 cm³/mol. The molecule has 2 heterocycles. The van der Waals surface area contributed by atoms with E-state index in [1.165, 1.54) is 31.1 Å². The van der Waals surface area contributed by atoms with Gasteiger partial charge in [-0.3, -0.25) is 0 Å². The van der Waals surface area contributed by atoms with Crippen molar-refractivity contribution in [1.82, 2.24) is 9.97 Å². The van der Waals surface area contributed by atoms with Gasteiger partial charge in [0.05, 0.1) is 5.39 Å². The Morgan fingerprint density at radius 1 is 1.31 bits per heavy atom. The highest BCUT2D eigenvalue weighted by Crippen LogP contribution is 2.31. The standard InChI is InChI=1S/C12H15N3S/c1-15(9-4-2-3-5-9)11-10-6-7-16-12(10)14-8-13-11/h6-9H,2-5H2,1H3. The lowest BCUT2D eigenvalue weighted by Gasteiger charge is -2.25. The van der Waals surface area contributed by atoms with Crippen LogP contribution < -0.4 is 4.90 Å². The molecule has 0 amide bonds. The van der Waals surface area contributed by atoms with Crippen molar-refractivity contribution in [2.75, 3.05) is 11.9 Å². The molecule has 84 valence electrons. The summed E-state index contributed by atoms with van der Waals surface area (Å²) >= 11 is 1.68. The molecule has 2 aromatic rings. The van der Waals surface area contributed by atoms with Crippen molar-refractivity contribution in [3.05, 3.63) is 17.8 Å². The molecule has 0 aliphatic heterocycles. The highest BCUT2D eigenvalue weighted by molar-refractivity contribution is 7.16. The van der Waals surface area contributed by atoms with Gasteiger partial charge < -0.3 is 4.90 Å². The van der Waals surface area contributed by atoms with Gasteiger partial charge >= 0.3 is 0 Å². The lowest BCUT2D eigenvalue weighted by molar-refractivity contribution is 0.648. The Labute approximate surface area is 99.1 Å². The van der Waals surface area contributed by atoms with Gasteiger partial charge in [0.15, 0.2) is 0 Å². The summed E-state index contributed by atoms with van der Waals surface area (Å²) in [6.45, 7) is 0. The van der Waals surface area contributed by atoms with E-state index in [1.807, 2.05) is 0 Å². The number of rotatable bonds is 2. The fraction of sp³-hybridized carbons (Fsp3) is 0.500. The average molecular weight is 233 g/mol. The number of thiophene rings is 1. The molecule has 2 aromatic heterocycles. The van der Waals surface area contributed by atoms with Gasteiger partial charge in [0.25, 0.3) is 0 Å². The molecule has 0 aromatic carbocycles. The zero-order valence-electron chi connectivity index (χ0n) is 9.39. The summed E-state index contributed by atoms with van der Waals surface area (Å²) in [6, 6.07) is 2.79. The molecule has 1 aliphatic rings. The van der Waals surface area contributed by atoms with E-state index < -0.39 is 0 Å². The van der Waals surface area contributed by atoms with Gasteiger partial charge in [0.1, 0.15) is 17.0 Å². The predicted octanol–water partition coefficient (Wildman–Crippen LogP) is 3.07. The lowest BCUT2D eigenvalue weighted by Crippen LogP contribution is -2.29. The molecule has 0 atom stereocenters. The summed E-state index contributed by atoms with van der Waals surface area (Å²) in [5.41, 5.74) is 0. The van der Waals surface area contributed by atoms with Gasteiger partial charge in [-0.15, -0.1) is 11.3 Å². The number of fused-ring (bicyclic) bond motifs is 1. The molecule has 16 heavy (non-hydrogen) atoms. The molecule has 4 heteroatoms. The molecule has 0 unspecified atom stereocenters. The molecule has 0 bridgehead atoms. The van der Waals surface area contributed by atoms with Crippen molar-refractivity contribution in [1.29, 1.82) is 0 Å². The monoisotopic (exact) mass is 233 g/mol. The third-order valence-electron chi connectivity index (χ3n) is 3.45. The van der Waals surface area contributed by atoms with Gasteiger partial charge in [-0.25, -0.2) is 9.97 Å². The number of hydrogen-bond donors (Lipinski definition) is 0. The van der Waals surface area contributed by atoms with E-state index in [4.69, 9.17) is 0 Å². The highest BCUT2D eigenvalue weighted by Gasteiger charge is 2.22. The minimum atomic E-state index is 0.665. The minimum Gasteiger partial charge on any atom is -0.356 e. The second-order valence-electron chi connectivity index (χ2n) is 4.39. The van der Waals surface area contributed by atoms with Gasteiger partial charge in [-0.2, -0.15) is 0 Å². The lowest BCUT2D eigenvalue weighted by atomic mass is 10.2. The van der Waals surface area contributed by atoms with E-state index >= 15 is 0 Å². The van der Waals surface area contributed by atoms with Crippen LogP contribution in [0.5, 0.6) is 0 Å². The van der Waals surface area contributed by atoms with Crippen molar-refractivity contribution >= 4 is 27.4 Å². The largest absolute Gasteiger partial charge is 0.356 e. The molecule has 3 nitrogen and oxygen atoms in total. The van der Waals surface area contributed by atoms with Gasteiger partial charge in [-0.05, 0) is 24.3 Å². The quantitative estimate of drug-likeness (QED) is 0.798. The van der Waals surface area contributed by atoms with Crippen LogP contribution in [0.25, 0.3) is 10.2 Å². The van der Waals surface area contributed by atoms with Gasteiger partial charge in [0, 0.05) is 13.1 Å². The van der Waals surface area contributed by atoms with E-state index in [2.05, 4.69) is 33.4 Å². The van der Waals surface area contributed by atoms with Crippen LogP contribution in [0.4, 0.5) is 5.82 Å². The number of anilines is 1. The SMILES string of the molecule is CN(c1ncnc2sccc12)C1CCCC1. The first-order valence-electron chi connectivity index (χ1n) is 5.77. The maximum Gasteiger partial charge on any atom is 0.140 e. The minimum absolute atomic E-state index is 0.665. The zero-order chi connectivity index (χ0) is 11.0. The fourth-order valence-corrected chi connectivity index (χ4v) is 3.25. The summed E-state index contributed by atoms with van der Waals surface area (Å²) in [6.07, 6.45) is 6.98. The second kappa shape index (κ2) is 4.01. The maximum atomic E-state index is 4.45. The average Bonchev–Trinajstić information content (AvgIpc) is 2.98. The van der Waals surface area contributed by atoms with Gasteiger partial charge in [0.2, 0.25) is 0 Å². The molecule has 0 saturated heterocycles. The van der Waals surface area contributed by atoms with E-state index in [0.29, 0.717) is 6.04 Å². The van der Waals surface area contributed by atoms with Crippen molar-refractivity contribution in [2.45, 2.75) is 31.7 Å². The van der Waals surface area contributed by atoms with Crippen LogP contribution in [-0.4, -0.2) is 23.1 Å². The summed E-state index contributed by atoms with van der Waals surface area (Å²) < 4.78 is 0. The van der Waals surface area contributed by atoms with Crippen LogP contribution in [0.15, 0.2) is 17.8 Å². The van der Waals surface area contributed by atoms with Crippen LogP contribution in [-0.2, 0) is 0 Å². The van der Waals surface area contributed by atoms with E-state index in [1.54, 1.807) is 17.7 Å². The number of nitrogens with zero attached hydrogens (tertiary/aromatic N) is 3. The number of aromatic nitrogens is 2. The van der Waals surface area contributed by atoms with Crippen molar-refractivity contribution in [2.24, 2.45) is 0 Å². The summed E-state index contributed by atoms with van der Waals surface area (Å²) in [7, 11) is 2.16. The van der Waals surface area contributed by atoms with Crippen LogP contribution in [0.2, 0.25) is 0 Å². The van der Waals surface area contributed by atoms with E-state index in [9.17, 15) is 0 Å². The normalized spacial score (nSPS) is 17.1.